The van der Waals surface area contributed by atoms with Crippen molar-refractivity contribution in [3.8, 4) is 0 Å². The van der Waals surface area contributed by atoms with Crippen LogP contribution in [-0.4, -0.2) is 50.5 Å². The lowest BCUT2D eigenvalue weighted by Gasteiger charge is -2.31. The molecule has 168 valence electrons. The summed E-state index contributed by atoms with van der Waals surface area (Å²) in [5.74, 6) is -0.759. The molecule has 7 nitrogen and oxygen atoms in total. The molecule has 0 aromatic heterocycles. The van der Waals surface area contributed by atoms with Gasteiger partial charge in [0.15, 0.2) is 0 Å². The summed E-state index contributed by atoms with van der Waals surface area (Å²) in [7, 11) is -3.72. The van der Waals surface area contributed by atoms with E-state index in [9.17, 15) is 18.0 Å². The molecule has 2 amide bonds. The second kappa shape index (κ2) is 10.8. The van der Waals surface area contributed by atoms with Gasteiger partial charge in [0.25, 0.3) is 0 Å². The van der Waals surface area contributed by atoms with Crippen molar-refractivity contribution in [2.75, 3.05) is 23.7 Å². The molecule has 31 heavy (non-hydrogen) atoms. The van der Waals surface area contributed by atoms with E-state index in [0.29, 0.717) is 12.2 Å². The quantitative estimate of drug-likeness (QED) is 0.562. The van der Waals surface area contributed by atoms with E-state index < -0.39 is 28.5 Å². The van der Waals surface area contributed by atoms with Crippen LogP contribution in [0.15, 0.2) is 53.0 Å². The van der Waals surface area contributed by atoms with Crippen molar-refractivity contribution in [1.82, 2.24) is 10.2 Å². The highest BCUT2D eigenvalue weighted by Gasteiger charge is 2.29. The molecule has 0 aliphatic rings. The van der Waals surface area contributed by atoms with Gasteiger partial charge in [0, 0.05) is 17.6 Å². The summed E-state index contributed by atoms with van der Waals surface area (Å²) >= 11 is 3.32. The van der Waals surface area contributed by atoms with E-state index in [0.717, 1.165) is 26.2 Å². The minimum Gasteiger partial charge on any atom is -0.355 e. The number of amides is 2. The number of benzene rings is 2. The van der Waals surface area contributed by atoms with Crippen LogP contribution in [0.25, 0.3) is 0 Å². The van der Waals surface area contributed by atoms with E-state index in [1.807, 2.05) is 31.2 Å². The molecular weight excluding hydrogens is 482 g/mol. The maximum Gasteiger partial charge on any atom is 0.244 e. The summed E-state index contributed by atoms with van der Waals surface area (Å²) in [6.45, 7) is 5.62. The topological polar surface area (TPSA) is 86.8 Å². The van der Waals surface area contributed by atoms with Crippen LogP contribution in [0.3, 0.4) is 0 Å². The molecule has 0 spiro atoms. The fourth-order valence-electron chi connectivity index (χ4n) is 3.02. The van der Waals surface area contributed by atoms with Gasteiger partial charge in [-0.15, -0.1) is 0 Å². The highest BCUT2D eigenvalue weighted by Crippen LogP contribution is 2.21. The SMILES string of the molecule is CCNC(=O)C(C)N(Cc1ccc(C)cc1)C(=O)CN(c1ccc(Br)cc1)S(C)(=O)=O. The number of likely N-dealkylation sites (N-methyl/N-ethyl adjacent to an activating group) is 1. The minimum atomic E-state index is -3.72. The maximum absolute atomic E-state index is 13.3. The van der Waals surface area contributed by atoms with Crippen molar-refractivity contribution in [2.24, 2.45) is 0 Å². The van der Waals surface area contributed by atoms with E-state index in [1.165, 1.54) is 4.90 Å². The summed E-state index contributed by atoms with van der Waals surface area (Å²) in [6, 6.07) is 13.5. The predicted octanol–water partition coefficient (Wildman–Crippen LogP) is 3.08. The van der Waals surface area contributed by atoms with Crippen LogP contribution >= 0.6 is 15.9 Å². The van der Waals surface area contributed by atoms with E-state index in [2.05, 4.69) is 21.2 Å². The first-order valence-corrected chi connectivity index (χ1v) is 12.5. The number of sulfonamides is 1. The molecule has 0 saturated carbocycles. The lowest BCUT2D eigenvalue weighted by molar-refractivity contribution is -0.139. The fraction of sp³-hybridized carbons (Fsp3) is 0.364. The van der Waals surface area contributed by atoms with Gasteiger partial charge in [-0.2, -0.15) is 0 Å². The molecule has 0 aliphatic heterocycles. The summed E-state index contributed by atoms with van der Waals surface area (Å²) < 4.78 is 26.7. The van der Waals surface area contributed by atoms with Crippen molar-refractivity contribution < 1.29 is 18.0 Å². The molecule has 2 aromatic rings. The van der Waals surface area contributed by atoms with Crippen molar-refractivity contribution >= 4 is 43.5 Å². The third-order valence-electron chi connectivity index (χ3n) is 4.79. The summed E-state index contributed by atoms with van der Waals surface area (Å²) in [4.78, 5) is 27.2. The van der Waals surface area contributed by atoms with Gasteiger partial charge in [-0.25, -0.2) is 8.42 Å². The Balaban J connectivity index is 2.35. The Morgan fingerprint density at radius 2 is 1.65 bits per heavy atom. The van der Waals surface area contributed by atoms with Crippen LogP contribution in [0, 0.1) is 6.92 Å². The summed E-state index contributed by atoms with van der Waals surface area (Å²) in [5, 5.41) is 2.73. The number of carbonyl (C=O) groups is 2. The van der Waals surface area contributed by atoms with Crippen LogP contribution in [0.1, 0.15) is 25.0 Å². The number of hydrogen-bond acceptors (Lipinski definition) is 4. The van der Waals surface area contributed by atoms with Gasteiger partial charge in [-0.3, -0.25) is 13.9 Å². The number of rotatable bonds is 9. The van der Waals surface area contributed by atoms with E-state index in [4.69, 9.17) is 0 Å². The zero-order valence-corrected chi connectivity index (χ0v) is 20.5. The Morgan fingerprint density at radius 1 is 1.06 bits per heavy atom. The van der Waals surface area contributed by atoms with E-state index in [1.54, 1.807) is 38.1 Å². The van der Waals surface area contributed by atoms with Gasteiger partial charge in [0.05, 0.1) is 11.9 Å². The normalized spacial score (nSPS) is 12.2. The van der Waals surface area contributed by atoms with Crippen molar-refractivity contribution in [1.29, 1.82) is 0 Å². The second-order valence-corrected chi connectivity index (χ2v) is 10.1. The number of aryl methyl sites for hydroxylation is 1. The third kappa shape index (κ3) is 7.07. The largest absolute Gasteiger partial charge is 0.355 e. The average molecular weight is 510 g/mol. The number of nitrogens with zero attached hydrogens (tertiary/aromatic N) is 2. The first kappa shape index (κ1) is 24.9. The fourth-order valence-corrected chi connectivity index (χ4v) is 4.13. The second-order valence-electron chi connectivity index (χ2n) is 7.32. The van der Waals surface area contributed by atoms with Crippen LogP contribution in [0.4, 0.5) is 5.69 Å². The molecule has 1 N–H and O–H groups in total. The Morgan fingerprint density at radius 3 is 2.16 bits per heavy atom. The van der Waals surface area contributed by atoms with Gasteiger partial charge in [0.2, 0.25) is 21.8 Å². The number of anilines is 1. The molecule has 0 fully saturated rings. The van der Waals surface area contributed by atoms with Gasteiger partial charge in [-0.05, 0) is 50.6 Å². The van der Waals surface area contributed by atoms with Crippen LogP contribution in [0.5, 0.6) is 0 Å². The molecule has 0 aliphatic carbocycles. The van der Waals surface area contributed by atoms with Crippen LogP contribution < -0.4 is 9.62 Å². The number of nitrogens with one attached hydrogen (secondary N) is 1. The Hall–Kier alpha value is -2.39. The molecule has 2 rings (SSSR count). The molecule has 0 saturated heterocycles. The van der Waals surface area contributed by atoms with Crippen molar-refractivity contribution in [3.63, 3.8) is 0 Å². The predicted molar refractivity (Wildman–Crippen MR) is 126 cm³/mol. The Labute approximate surface area is 192 Å². The monoisotopic (exact) mass is 509 g/mol. The van der Waals surface area contributed by atoms with Gasteiger partial charge >= 0.3 is 0 Å². The summed E-state index contributed by atoms with van der Waals surface area (Å²) in [6.07, 6.45) is 1.06. The smallest absolute Gasteiger partial charge is 0.244 e. The van der Waals surface area contributed by atoms with Crippen LogP contribution in [0.2, 0.25) is 0 Å². The lowest BCUT2D eigenvalue weighted by atomic mass is 10.1. The molecule has 0 bridgehead atoms. The lowest BCUT2D eigenvalue weighted by Crippen LogP contribution is -2.51. The Bertz CT molecular complexity index is 1010. The van der Waals surface area contributed by atoms with E-state index >= 15 is 0 Å². The molecule has 2 aromatic carbocycles. The average Bonchev–Trinajstić information content (AvgIpc) is 2.71. The zero-order valence-electron chi connectivity index (χ0n) is 18.1. The van der Waals surface area contributed by atoms with Crippen molar-refractivity contribution in [3.05, 3.63) is 64.1 Å². The van der Waals surface area contributed by atoms with Crippen molar-refractivity contribution in [2.45, 2.75) is 33.4 Å². The molecule has 1 atom stereocenters. The van der Waals surface area contributed by atoms with E-state index in [-0.39, 0.29) is 12.5 Å². The summed E-state index contributed by atoms with van der Waals surface area (Å²) in [5.41, 5.74) is 2.31. The first-order chi connectivity index (χ1) is 14.5. The number of hydrogen-bond donors (Lipinski definition) is 1. The minimum absolute atomic E-state index is 0.190. The molecule has 9 heteroatoms. The first-order valence-electron chi connectivity index (χ1n) is 9.89. The third-order valence-corrected chi connectivity index (χ3v) is 6.45. The molecular formula is C22H28BrN3O4S. The highest BCUT2D eigenvalue weighted by atomic mass is 79.9. The number of halogens is 1. The molecule has 1 unspecified atom stereocenters. The zero-order chi connectivity index (χ0) is 23.2. The van der Waals surface area contributed by atoms with Gasteiger partial charge in [-0.1, -0.05) is 45.8 Å². The van der Waals surface area contributed by atoms with Crippen LogP contribution in [-0.2, 0) is 26.2 Å². The maximum atomic E-state index is 13.3. The number of carbonyl (C=O) groups excluding carboxylic acids is 2. The molecule has 0 radical (unpaired) electrons. The highest BCUT2D eigenvalue weighted by molar-refractivity contribution is 9.10. The van der Waals surface area contributed by atoms with Gasteiger partial charge < -0.3 is 10.2 Å². The molecule has 0 heterocycles. The van der Waals surface area contributed by atoms with Gasteiger partial charge in [0.1, 0.15) is 12.6 Å². The standard InChI is InChI=1S/C22H28BrN3O4S/c1-5-24-22(28)17(3)25(14-18-8-6-16(2)7-9-18)21(27)15-26(31(4,29)30)20-12-10-19(23)11-13-20/h6-13,17H,5,14-15H2,1-4H3,(H,24,28). The Kier molecular flexibility index (Phi) is 8.64.